The van der Waals surface area contributed by atoms with Crippen molar-refractivity contribution in [3.05, 3.63) is 17.8 Å². The molecule has 1 fully saturated rings. The van der Waals surface area contributed by atoms with Crippen molar-refractivity contribution in [2.75, 3.05) is 18.0 Å². The Hall–Kier alpha value is -1.16. The summed E-state index contributed by atoms with van der Waals surface area (Å²) >= 11 is 0. The predicted molar refractivity (Wildman–Crippen MR) is 79.2 cm³/mol. The Balaban J connectivity index is 1.93. The lowest BCUT2D eigenvalue weighted by molar-refractivity contribution is 0.521. The Kier molecular flexibility index (Phi) is 5.14. The third-order valence-electron chi connectivity index (χ3n) is 3.74. The highest BCUT2D eigenvalue weighted by Gasteiger charge is 2.15. The molecule has 0 amide bonds. The zero-order chi connectivity index (χ0) is 13.7. The Labute approximate surface area is 116 Å². The third kappa shape index (κ3) is 4.46. The average Bonchev–Trinajstić information content (AvgIpc) is 2.62. The Morgan fingerprint density at radius 2 is 2.11 bits per heavy atom. The lowest BCUT2D eigenvalue weighted by Crippen LogP contribution is -2.26. The van der Waals surface area contributed by atoms with Crippen molar-refractivity contribution in [2.45, 2.75) is 52.6 Å². The average molecular weight is 262 g/mol. The first-order valence-electron chi connectivity index (χ1n) is 7.46. The second kappa shape index (κ2) is 6.85. The number of rotatable bonds is 4. The maximum atomic E-state index is 4.38. The number of nitrogens with one attached hydrogen (secondary N) is 1. The Morgan fingerprint density at radius 3 is 2.79 bits per heavy atom. The highest BCUT2D eigenvalue weighted by Crippen LogP contribution is 2.20. The van der Waals surface area contributed by atoms with E-state index in [1.807, 2.05) is 0 Å². The van der Waals surface area contributed by atoms with E-state index in [4.69, 9.17) is 0 Å². The zero-order valence-corrected chi connectivity index (χ0v) is 12.4. The quantitative estimate of drug-likeness (QED) is 0.905. The summed E-state index contributed by atoms with van der Waals surface area (Å²) in [6.45, 7) is 9.64. The van der Waals surface area contributed by atoms with Crippen LogP contribution >= 0.6 is 0 Å². The molecule has 0 spiro atoms. The van der Waals surface area contributed by atoms with Crippen LogP contribution in [0.15, 0.2) is 12.1 Å². The Morgan fingerprint density at radius 1 is 1.26 bits per heavy atom. The van der Waals surface area contributed by atoms with Crippen molar-refractivity contribution < 1.29 is 0 Å². The van der Waals surface area contributed by atoms with Crippen molar-refractivity contribution in [1.82, 2.24) is 15.5 Å². The molecule has 1 aromatic heterocycles. The summed E-state index contributed by atoms with van der Waals surface area (Å²) in [5.41, 5.74) is 1.01. The van der Waals surface area contributed by atoms with Crippen molar-refractivity contribution in [2.24, 2.45) is 5.92 Å². The van der Waals surface area contributed by atoms with E-state index in [0.29, 0.717) is 6.04 Å². The molecule has 0 radical (unpaired) electrons. The molecule has 0 saturated carbocycles. The topological polar surface area (TPSA) is 41.0 Å². The first-order valence-corrected chi connectivity index (χ1v) is 7.46. The Bertz CT molecular complexity index is 374. The molecule has 1 saturated heterocycles. The number of nitrogens with zero attached hydrogens (tertiary/aromatic N) is 3. The van der Waals surface area contributed by atoms with Crippen LogP contribution < -0.4 is 10.2 Å². The minimum Gasteiger partial charge on any atom is -0.355 e. The molecule has 106 valence electrons. The van der Waals surface area contributed by atoms with Crippen LogP contribution in [0.25, 0.3) is 0 Å². The fourth-order valence-corrected chi connectivity index (χ4v) is 2.42. The van der Waals surface area contributed by atoms with Crippen LogP contribution in [-0.4, -0.2) is 29.3 Å². The number of anilines is 1. The molecule has 0 aliphatic carbocycles. The van der Waals surface area contributed by atoms with Crippen LogP contribution in [0, 0.1) is 5.92 Å². The zero-order valence-electron chi connectivity index (χ0n) is 12.4. The summed E-state index contributed by atoms with van der Waals surface area (Å²) in [4.78, 5) is 2.37. The molecule has 1 unspecified atom stereocenters. The normalized spacial score (nSPS) is 20.6. The molecule has 1 atom stereocenters. The molecular weight excluding hydrogens is 236 g/mol. The summed E-state index contributed by atoms with van der Waals surface area (Å²) in [6.07, 6.45) is 3.86. The minimum atomic E-state index is 0.480. The van der Waals surface area contributed by atoms with Gasteiger partial charge < -0.3 is 10.2 Å². The SMILES string of the molecule is CC1CCCN(c2ccc(CNC(C)C)nn2)CC1. The van der Waals surface area contributed by atoms with Crippen molar-refractivity contribution in [1.29, 1.82) is 0 Å². The number of aromatic nitrogens is 2. The molecule has 0 aromatic carbocycles. The van der Waals surface area contributed by atoms with Gasteiger partial charge in [0.05, 0.1) is 5.69 Å². The number of hydrogen-bond donors (Lipinski definition) is 1. The molecule has 4 nitrogen and oxygen atoms in total. The van der Waals surface area contributed by atoms with Crippen LogP contribution in [0.2, 0.25) is 0 Å². The van der Waals surface area contributed by atoms with Gasteiger partial charge in [-0.05, 0) is 37.3 Å². The van der Waals surface area contributed by atoms with Crippen LogP contribution in [0.3, 0.4) is 0 Å². The molecule has 1 aliphatic rings. The molecule has 4 heteroatoms. The second-order valence-electron chi connectivity index (χ2n) is 5.94. The van der Waals surface area contributed by atoms with Crippen LogP contribution in [0.5, 0.6) is 0 Å². The fraction of sp³-hybridized carbons (Fsp3) is 0.733. The fourth-order valence-electron chi connectivity index (χ4n) is 2.42. The van der Waals surface area contributed by atoms with Crippen molar-refractivity contribution >= 4 is 5.82 Å². The maximum absolute atomic E-state index is 4.38. The molecule has 1 aromatic rings. The summed E-state index contributed by atoms with van der Waals surface area (Å²) in [5, 5.41) is 12.1. The molecule has 2 rings (SSSR count). The minimum absolute atomic E-state index is 0.480. The lowest BCUT2D eigenvalue weighted by Gasteiger charge is -2.21. The highest BCUT2D eigenvalue weighted by molar-refractivity contribution is 5.37. The standard InChI is InChI=1S/C15H26N4/c1-12(2)16-11-14-6-7-15(18-17-14)19-9-4-5-13(3)8-10-19/h6-7,12-13,16H,4-5,8-11H2,1-3H3. The van der Waals surface area contributed by atoms with E-state index >= 15 is 0 Å². The van der Waals surface area contributed by atoms with Crippen molar-refractivity contribution in [3.63, 3.8) is 0 Å². The first kappa shape index (κ1) is 14.3. The van der Waals surface area contributed by atoms with E-state index < -0.39 is 0 Å². The van der Waals surface area contributed by atoms with Gasteiger partial charge in [-0.1, -0.05) is 20.8 Å². The monoisotopic (exact) mass is 262 g/mol. The maximum Gasteiger partial charge on any atom is 0.151 e. The van der Waals surface area contributed by atoms with Gasteiger partial charge in [0.15, 0.2) is 5.82 Å². The van der Waals surface area contributed by atoms with Gasteiger partial charge in [0.25, 0.3) is 0 Å². The van der Waals surface area contributed by atoms with Gasteiger partial charge >= 0.3 is 0 Å². The van der Waals surface area contributed by atoms with Gasteiger partial charge in [-0.25, -0.2) is 0 Å². The summed E-state index contributed by atoms with van der Waals surface area (Å²) in [7, 11) is 0. The molecule has 1 aliphatic heterocycles. The first-order chi connectivity index (χ1) is 9.15. The predicted octanol–water partition coefficient (Wildman–Crippen LogP) is 2.60. The van der Waals surface area contributed by atoms with E-state index in [9.17, 15) is 0 Å². The van der Waals surface area contributed by atoms with Crippen molar-refractivity contribution in [3.8, 4) is 0 Å². The largest absolute Gasteiger partial charge is 0.355 e. The second-order valence-corrected chi connectivity index (χ2v) is 5.94. The van der Waals surface area contributed by atoms with E-state index in [-0.39, 0.29) is 0 Å². The highest BCUT2D eigenvalue weighted by atomic mass is 15.3. The molecule has 0 bridgehead atoms. The third-order valence-corrected chi connectivity index (χ3v) is 3.74. The van der Waals surface area contributed by atoms with E-state index in [1.165, 1.54) is 19.3 Å². The van der Waals surface area contributed by atoms with E-state index in [2.05, 4.69) is 53.3 Å². The molecular formula is C15H26N4. The van der Waals surface area contributed by atoms with Crippen LogP contribution in [0.4, 0.5) is 5.82 Å². The molecule has 1 N–H and O–H groups in total. The lowest BCUT2D eigenvalue weighted by atomic mass is 10.0. The number of hydrogen-bond acceptors (Lipinski definition) is 4. The van der Waals surface area contributed by atoms with Gasteiger partial charge in [-0.3, -0.25) is 0 Å². The van der Waals surface area contributed by atoms with Crippen LogP contribution in [-0.2, 0) is 6.54 Å². The van der Waals surface area contributed by atoms with Gasteiger partial charge in [-0.15, -0.1) is 5.10 Å². The van der Waals surface area contributed by atoms with E-state index in [1.54, 1.807) is 0 Å². The summed E-state index contributed by atoms with van der Waals surface area (Å²) < 4.78 is 0. The van der Waals surface area contributed by atoms with Gasteiger partial charge in [0.2, 0.25) is 0 Å². The smallest absolute Gasteiger partial charge is 0.151 e. The summed E-state index contributed by atoms with van der Waals surface area (Å²) in [5.74, 6) is 1.87. The van der Waals surface area contributed by atoms with Gasteiger partial charge in [-0.2, -0.15) is 5.10 Å². The molecule has 2 heterocycles. The van der Waals surface area contributed by atoms with Crippen LogP contribution in [0.1, 0.15) is 45.7 Å². The molecule has 19 heavy (non-hydrogen) atoms. The van der Waals surface area contributed by atoms with E-state index in [0.717, 1.165) is 37.1 Å². The van der Waals surface area contributed by atoms with Gasteiger partial charge in [0, 0.05) is 25.7 Å². The van der Waals surface area contributed by atoms with Gasteiger partial charge in [0.1, 0.15) is 0 Å². The summed E-state index contributed by atoms with van der Waals surface area (Å²) in [6, 6.07) is 4.68.